The van der Waals surface area contributed by atoms with Gasteiger partial charge in [0.15, 0.2) is 0 Å². The molecule has 3 aromatic rings. The molecule has 3 rings (SSSR count). The molecule has 0 aliphatic carbocycles. The van der Waals surface area contributed by atoms with Crippen LogP contribution >= 0.6 is 0 Å². The summed E-state index contributed by atoms with van der Waals surface area (Å²) in [5, 5.41) is 6.52. The molecule has 0 saturated carbocycles. The number of fused-ring (bicyclic) bond motifs is 1. The van der Waals surface area contributed by atoms with Gasteiger partial charge < -0.3 is 32.7 Å². The van der Waals surface area contributed by atoms with Crippen LogP contribution in [0.4, 0.5) is 5.69 Å². The topological polar surface area (TPSA) is 169 Å². The molecule has 0 aliphatic rings. The molecule has 2 atom stereocenters. The van der Waals surface area contributed by atoms with Gasteiger partial charge in [-0.05, 0) is 56.5 Å². The number of nitrogens with two attached hydrogens (primary N) is 3. The molecule has 0 saturated heterocycles. The Hall–Kier alpha value is -3.86. The van der Waals surface area contributed by atoms with Crippen LogP contribution in [-0.2, 0) is 20.8 Å². The third-order valence-corrected chi connectivity index (χ3v) is 6.40. The van der Waals surface area contributed by atoms with Crippen LogP contribution in [0.15, 0.2) is 66.9 Å². The number of nitrogens with one attached hydrogen (secondary N) is 2. The maximum absolute atomic E-state index is 13.3. The van der Waals surface area contributed by atoms with Gasteiger partial charge in [0, 0.05) is 18.5 Å². The number of aryl methyl sites for hydroxylation is 1. The molecule has 2 aromatic carbocycles. The lowest BCUT2D eigenvalue weighted by Gasteiger charge is -2.25. The van der Waals surface area contributed by atoms with E-state index in [9.17, 15) is 14.4 Å². The fourth-order valence-electron chi connectivity index (χ4n) is 4.21. The zero-order chi connectivity index (χ0) is 28.0. The Morgan fingerprint density at radius 2 is 1.56 bits per heavy atom. The quantitative estimate of drug-likeness (QED) is 0.197. The molecular formula is C29H39N7O3. The lowest BCUT2D eigenvalue weighted by Crippen LogP contribution is -2.51. The molecule has 0 fully saturated rings. The van der Waals surface area contributed by atoms with E-state index < -0.39 is 18.0 Å². The number of pyridine rings is 1. The predicted molar refractivity (Wildman–Crippen MR) is 154 cm³/mol. The van der Waals surface area contributed by atoms with Gasteiger partial charge in [0.25, 0.3) is 0 Å². The highest BCUT2D eigenvalue weighted by molar-refractivity contribution is 5.99. The van der Waals surface area contributed by atoms with E-state index in [0.717, 1.165) is 16.5 Å². The number of hydrogen-bond donors (Lipinski definition) is 5. The largest absolute Gasteiger partial charge is 0.343 e. The smallest absolute Gasteiger partial charge is 0.247 e. The minimum atomic E-state index is -1.11. The summed E-state index contributed by atoms with van der Waals surface area (Å²) in [5.74, 6) is -1.19. The Kier molecular flexibility index (Phi) is 11.8. The molecule has 0 spiro atoms. The van der Waals surface area contributed by atoms with E-state index in [1.54, 1.807) is 11.1 Å². The summed E-state index contributed by atoms with van der Waals surface area (Å²) in [4.78, 5) is 45.2. The molecule has 10 nitrogen and oxygen atoms in total. The summed E-state index contributed by atoms with van der Waals surface area (Å²) < 4.78 is 0. The van der Waals surface area contributed by atoms with Crippen LogP contribution in [0.2, 0.25) is 0 Å². The number of anilines is 1. The van der Waals surface area contributed by atoms with E-state index in [0.29, 0.717) is 57.5 Å². The van der Waals surface area contributed by atoms with Gasteiger partial charge in [0.2, 0.25) is 17.7 Å². The molecule has 1 aromatic heterocycles. The van der Waals surface area contributed by atoms with Crippen molar-refractivity contribution in [2.75, 3.05) is 31.5 Å². The van der Waals surface area contributed by atoms with Crippen LogP contribution in [0.5, 0.6) is 0 Å². The average molecular weight is 534 g/mol. The van der Waals surface area contributed by atoms with Crippen LogP contribution in [0.25, 0.3) is 10.9 Å². The maximum Gasteiger partial charge on any atom is 0.247 e. The molecule has 208 valence electrons. The number of rotatable bonds is 15. The zero-order valence-corrected chi connectivity index (χ0v) is 22.2. The summed E-state index contributed by atoms with van der Waals surface area (Å²) in [6.45, 7) is 1.85. The van der Waals surface area contributed by atoms with Crippen molar-refractivity contribution in [1.82, 2.24) is 15.2 Å². The molecule has 10 heteroatoms. The molecule has 8 N–H and O–H groups in total. The fraction of sp³-hybridized carbons (Fsp3) is 0.379. The van der Waals surface area contributed by atoms with Crippen molar-refractivity contribution in [1.29, 1.82) is 0 Å². The predicted octanol–water partition coefficient (Wildman–Crippen LogP) is 1.53. The van der Waals surface area contributed by atoms with Crippen molar-refractivity contribution >= 4 is 34.3 Å². The SMILES string of the molecule is NCCCN(CCCN)C(=O)CC(N)C(=O)NC(CCc1ccccc1)C(=O)Nc1cnc2ccccc2c1. The summed E-state index contributed by atoms with van der Waals surface area (Å²) in [7, 11) is 0. The van der Waals surface area contributed by atoms with E-state index in [4.69, 9.17) is 17.2 Å². The average Bonchev–Trinajstić information content (AvgIpc) is 2.95. The summed E-state index contributed by atoms with van der Waals surface area (Å²) in [5.41, 5.74) is 19.7. The van der Waals surface area contributed by atoms with Crippen LogP contribution in [0.1, 0.15) is 31.2 Å². The summed E-state index contributed by atoms with van der Waals surface area (Å²) in [6.07, 6.45) is 3.60. The number of para-hydroxylation sites is 1. The van der Waals surface area contributed by atoms with Gasteiger partial charge in [-0.15, -0.1) is 0 Å². The number of nitrogens with zero attached hydrogens (tertiary/aromatic N) is 2. The van der Waals surface area contributed by atoms with Gasteiger partial charge in [-0.1, -0.05) is 48.5 Å². The molecule has 3 amide bonds. The second kappa shape index (κ2) is 15.5. The van der Waals surface area contributed by atoms with Gasteiger partial charge in [0.1, 0.15) is 6.04 Å². The van der Waals surface area contributed by atoms with Gasteiger partial charge in [0.05, 0.1) is 29.9 Å². The monoisotopic (exact) mass is 533 g/mol. The first kappa shape index (κ1) is 29.7. The van der Waals surface area contributed by atoms with Gasteiger partial charge in [-0.3, -0.25) is 19.4 Å². The van der Waals surface area contributed by atoms with Gasteiger partial charge in [-0.2, -0.15) is 0 Å². The molecule has 2 unspecified atom stereocenters. The fourth-order valence-corrected chi connectivity index (χ4v) is 4.21. The van der Waals surface area contributed by atoms with E-state index in [1.165, 1.54) is 0 Å². The minimum absolute atomic E-state index is 0.178. The van der Waals surface area contributed by atoms with Crippen molar-refractivity contribution in [3.05, 3.63) is 72.4 Å². The van der Waals surface area contributed by atoms with Crippen molar-refractivity contribution in [2.45, 2.75) is 44.2 Å². The van der Waals surface area contributed by atoms with Crippen molar-refractivity contribution in [3.63, 3.8) is 0 Å². The molecule has 39 heavy (non-hydrogen) atoms. The normalized spacial score (nSPS) is 12.5. The van der Waals surface area contributed by atoms with E-state index in [-0.39, 0.29) is 18.2 Å². The zero-order valence-electron chi connectivity index (χ0n) is 22.2. The minimum Gasteiger partial charge on any atom is -0.343 e. The van der Waals surface area contributed by atoms with E-state index >= 15 is 0 Å². The Morgan fingerprint density at radius 3 is 2.26 bits per heavy atom. The number of carbonyl (C=O) groups excluding carboxylic acids is 3. The summed E-state index contributed by atoms with van der Waals surface area (Å²) in [6, 6.07) is 17.1. The Bertz CT molecular complexity index is 1210. The summed E-state index contributed by atoms with van der Waals surface area (Å²) >= 11 is 0. The highest BCUT2D eigenvalue weighted by atomic mass is 16.2. The standard InChI is InChI=1S/C29H39N7O3/c30-14-6-16-36(17-7-15-31)27(37)19-24(32)28(38)35-26(13-12-21-8-2-1-3-9-21)29(39)34-23-18-22-10-4-5-11-25(22)33-20-23/h1-5,8-11,18,20,24,26H,6-7,12-17,19,30-32H2,(H,34,39)(H,35,38). The van der Waals surface area contributed by atoms with Crippen molar-refractivity contribution in [2.24, 2.45) is 17.2 Å². The number of hydrogen-bond acceptors (Lipinski definition) is 7. The van der Waals surface area contributed by atoms with Gasteiger partial charge >= 0.3 is 0 Å². The number of amides is 3. The van der Waals surface area contributed by atoms with Gasteiger partial charge in [-0.25, -0.2) is 0 Å². The molecule has 0 radical (unpaired) electrons. The van der Waals surface area contributed by atoms with Crippen LogP contribution in [0, 0.1) is 0 Å². The lowest BCUT2D eigenvalue weighted by molar-refractivity contribution is -0.135. The lowest BCUT2D eigenvalue weighted by atomic mass is 10.0. The third-order valence-electron chi connectivity index (χ3n) is 6.40. The molecule has 0 bridgehead atoms. The van der Waals surface area contributed by atoms with E-state index in [1.807, 2.05) is 60.7 Å². The first-order valence-corrected chi connectivity index (χ1v) is 13.3. The maximum atomic E-state index is 13.3. The Morgan fingerprint density at radius 1 is 0.897 bits per heavy atom. The first-order valence-electron chi connectivity index (χ1n) is 13.3. The molecule has 1 heterocycles. The van der Waals surface area contributed by atoms with Crippen molar-refractivity contribution < 1.29 is 14.4 Å². The second-order valence-electron chi connectivity index (χ2n) is 9.47. The first-order chi connectivity index (χ1) is 18.9. The van der Waals surface area contributed by atoms with E-state index in [2.05, 4.69) is 15.6 Å². The number of aromatic nitrogens is 1. The van der Waals surface area contributed by atoms with Crippen LogP contribution < -0.4 is 27.8 Å². The Balaban J connectivity index is 1.68. The number of carbonyl (C=O) groups is 3. The number of benzene rings is 2. The third kappa shape index (κ3) is 9.43. The highest BCUT2D eigenvalue weighted by Crippen LogP contribution is 2.17. The highest BCUT2D eigenvalue weighted by Gasteiger charge is 2.26. The second-order valence-corrected chi connectivity index (χ2v) is 9.47. The molecule has 0 aliphatic heterocycles. The van der Waals surface area contributed by atoms with Crippen LogP contribution in [-0.4, -0.2) is 65.9 Å². The van der Waals surface area contributed by atoms with Crippen LogP contribution in [0.3, 0.4) is 0 Å². The van der Waals surface area contributed by atoms with Crippen molar-refractivity contribution in [3.8, 4) is 0 Å². The molecular weight excluding hydrogens is 494 g/mol. The Labute approximate surface area is 229 Å².